The molecule has 2 saturated heterocycles. The third-order valence-corrected chi connectivity index (χ3v) is 9.60. The van der Waals surface area contributed by atoms with E-state index in [9.17, 15) is 9.59 Å². The summed E-state index contributed by atoms with van der Waals surface area (Å²) in [5.74, 6) is 1.59. The summed E-state index contributed by atoms with van der Waals surface area (Å²) < 4.78 is 0. The first-order valence-electron chi connectivity index (χ1n) is 15.1. The standard InChI is InChI=1S/C33H43N3O2/c37-32-24-35(22-26-13-17-30(18-14-26)28-9-5-2-6-10-28)33(38)31-23-34(19-20-36(31)32)21-25-11-15-29(16-12-25)27-7-3-1-4-8-27/h11-18,27-28,31H,1-10,19-24H2. The Balaban J connectivity index is 1.07. The molecule has 2 aliphatic heterocycles. The van der Waals surface area contributed by atoms with E-state index < -0.39 is 0 Å². The summed E-state index contributed by atoms with van der Waals surface area (Å²) >= 11 is 0. The Bertz CT molecular complexity index is 1100. The molecule has 1 unspecified atom stereocenters. The van der Waals surface area contributed by atoms with Gasteiger partial charge in [-0.3, -0.25) is 14.5 Å². The van der Waals surface area contributed by atoms with Crippen LogP contribution < -0.4 is 0 Å². The smallest absolute Gasteiger partial charge is 0.247 e. The maximum Gasteiger partial charge on any atom is 0.247 e. The number of carbonyl (C=O) groups is 2. The van der Waals surface area contributed by atoms with Gasteiger partial charge in [0, 0.05) is 32.7 Å². The maximum absolute atomic E-state index is 13.5. The number of carbonyl (C=O) groups excluding carboxylic acids is 2. The van der Waals surface area contributed by atoms with Crippen molar-refractivity contribution in [3.05, 3.63) is 70.8 Å². The normalized spacial score (nSPS) is 24.1. The van der Waals surface area contributed by atoms with Crippen molar-refractivity contribution in [3.63, 3.8) is 0 Å². The fourth-order valence-corrected chi connectivity index (χ4v) is 7.31. The Hall–Kier alpha value is -2.66. The van der Waals surface area contributed by atoms with Crippen LogP contribution in [0.25, 0.3) is 0 Å². The van der Waals surface area contributed by atoms with E-state index in [1.165, 1.54) is 80.9 Å². The largest absolute Gasteiger partial charge is 0.327 e. The van der Waals surface area contributed by atoms with Crippen molar-refractivity contribution in [2.45, 2.75) is 95.2 Å². The SMILES string of the molecule is O=C1C2CN(Cc3ccc(C4CCCCC4)cc3)CCN2C(=O)CN1Cc1ccc(C2CCCCC2)cc1. The molecule has 0 N–H and O–H groups in total. The Morgan fingerprint density at radius 2 is 1.16 bits per heavy atom. The average molecular weight is 514 g/mol. The molecule has 202 valence electrons. The van der Waals surface area contributed by atoms with Gasteiger partial charge in [0.25, 0.3) is 0 Å². The molecule has 2 amide bonds. The van der Waals surface area contributed by atoms with E-state index in [1.54, 1.807) is 4.90 Å². The van der Waals surface area contributed by atoms with Gasteiger partial charge in [0.2, 0.25) is 11.8 Å². The summed E-state index contributed by atoms with van der Waals surface area (Å²) in [7, 11) is 0. The maximum atomic E-state index is 13.5. The van der Waals surface area contributed by atoms with Gasteiger partial charge >= 0.3 is 0 Å². The molecule has 0 spiro atoms. The number of hydrogen-bond acceptors (Lipinski definition) is 3. The number of rotatable bonds is 6. The zero-order valence-electron chi connectivity index (χ0n) is 22.8. The zero-order chi connectivity index (χ0) is 25.9. The van der Waals surface area contributed by atoms with Crippen molar-refractivity contribution >= 4 is 11.8 Å². The molecule has 2 aliphatic carbocycles. The molecule has 1 atom stereocenters. The lowest BCUT2D eigenvalue weighted by Crippen LogP contribution is -2.66. The summed E-state index contributed by atoms with van der Waals surface area (Å²) in [6, 6.07) is 17.6. The fraction of sp³-hybridized carbons (Fsp3) is 0.576. The summed E-state index contributed by atoms with van der Waals surface area (Å²) in [5, 5.41) is 0. The number of hydrogen-bond donors (Lipinski definition) is 0. The van der Waals surface area contributed by atoms with E-state index in [-0.39, 0.29) is 24.4 Å². The monoisotopic (exact) mass is 513 g/mol. The lowest BCUT2D eigenvalue weighted by Gasteiger charge is -2.46. The molecular weight excluding hydrogens is 470 g/mol. The van der Waals surface area contributed by atoms with Crippen molar-refractivity contribution in [2.24, 2.45) is 0 Å². The second-order valence-electron chi connectivity index (χ2n) is 12.2. The van der Waals surface area contributed by atoms with Gasteiger partial charge in [0.05, 0.1) is 0 Å². The lowest BCUT2D eigenvalue weighted by molar-refractivity contribution is -0.160. The molecule has 5 heteroatoms. The highest BCUT2D eigenvalue weighted by atomic mass is 16.2. The molecule has 0 bridgehead atoms. The predicted molar refractivity (Wildman–Crippen MR) is 151 cm³/mol. The van der Waals surface area contributed by atoms with Crippen LogP contribution >= 0.6 is 0 Å². The number of amides is 2. The van der Waals surface area contributed by atoms with Crippen molar-refractivity contribution in [1.29, 1.82) is 0 Å². The van der Waals surface area contributed by atoms with Crippen molar-refractivity contribution in [1.82, 2.24) is 14.7 Å². The topological polar surface area (TPSA) is 43.9 Å². The van der Waals surface area contributed by atoms with Crippen LogP contribution in [-0.2, 0) is 22.7 Å². The molecule has 4 fully saturated rings. The highest BCUT2D eigenvalue weighted by molar-refractivity contribution is 5.95. The van der Waals surface area contributed by atoms with E-state index in [2.05, 4.69) is 53.4 Å². The second-order valence-corrected chi connectivity index (χ2v) is 12.2. The molecule has 38 heavy (non-hydrogen) atoms. The molecule has 0 aromatic heterocycles. The van der Waals surface area contributed by atoms with E-state index in [4.69, 9.17) is 0 Å². The van der Waals surface area contributed by atoms with Gasteiger partial charge in [0.1, 0.15) is 12.6 Å². The van der Waals surface area contributed by atoms with Crippen LogP contribution in [0.15, 0.2) is 48.5 Å². The molecule has 0 radical (unpaired) electrons. The van der Waals surface area contributed by atoms with Crippen LogP contribution in [0.4, 0.5) is 0 Å². The summed E-state index contributed by atoms with van der Waals surface area (Å²) in [6.45, 7) is 3.62. The number of piperazine rings is 2. The second kappa shape index (κ2) is 11.6. The van der Waals surface area contributed by atoms with Gasteiger partial charge in [-0.05, 0) is 59.8 Å². The molecule has 2 aromatic rings. The van der Waals surface area contributed by atoms with Crippen LogP contribution in [0.2, 0.25) is 0 Å². The van der Waals surface area contributed by atoms with E-state index in [0.29, 0.717) is 25.6 Å². The van der Waals surface area contributed by atoms with Crippen LogP contribution in [0.1, 0.15) is 98.3 Å². The third-order valence-electron chi connectivity index (χ3n) is 9.60. The van der Waals surface area contributed by atoms with E-state index >= 15 is 0 Å². The van der Waals surface area contributed by atoms with E-state index in [0.717, 1.165) is 24.6 Å². The minimum absolute atomic E-state index is 0.0879. The Kier molecular flexibility index (Phi) is 7.82. The quantitative estimate of drug-likeness (QED) is 0.488. The fourth-order valence-electron chi connectivity index (χ4n) is 7.31. The Morgan fingerprint density at radius 1 is 0.632 bits per heavy atom. The molecular formula is C33H43N3O2. The lowest BCUT2D eigenvalue weighted by atomic mass is 9.84. The first kappa shape index (κ1) is 25.6. The van der Waals surface area contributed by atoms with Gasteiger partial charge in [-0.2, -0.15) is 0 Å². The Labute approximate surface area is 228 Å². The summed E-state index contributed by atoms with van der Waals surface area (Å²) in [4.78, 5) is 32.5. The molecule has 2 aromatic carbocycles. The summed E-state index contributed by atoms with van der Waals surface area (Å²) in [5.41, 5.74) is 5.32. The Morgan fingerprint density at radius 3 is 1.71 bits per heavy atom. The number of fused-ring (bicyclic) bond motifs is 1. The number of benzene rings is 2. The molecule has 2 heterocycles. The van der Waals surface area contributed by atoms with Gasteiger partial charge in [-0.1, -0.05) is 87.1 Å². The van der Waals surface area contributed by atoms with Crippen molar-refractivity contribution < 1.29 is 9.59 Å². The van der Waals surface area contributed by atoms with Crippen LogP contribution in [0.5, 0.6) is 0 Å². The van der Waals surface area contributed by atoms with Gasteiger partial charge in [-0.15, -0.1) is 0 Å². The van der Waals surface area contributed by atoms with Gasteiger partial charge in [-0.25, -0.2) is 0 Å². The highest BCUT2D eigenvalue weighted by Crippen LogP contribution is 2.34. The minimum Gasteiger partial charge on any atom is -0.327 e. The zero-order valence-corrected chi connectivity index (χ0v) is 22.8. The highest BCUT2D eigenvalue weighted by Gasteiger charge is 2.42. The first-order chi connectivity index (χ1) is 18.6. The third kappa shape index (κ3) is 5.68. The van der Waals surface area contributed by atoms with Crippen LogP contribution in [0.3, 0.4) is 0 Å². The first-order valence-corrected chi connectivity index (χ1v) is 15.1. The van der Waals surface area contributed by atoms with Crippen molar-refractivity contribution in [3.8, 4) is 0 Å². The predicted octanol–water partition coefficient (Wildman–Crippen LogP) is 5.84. The van der Waals surface area contributed by atoms with Crippen molar-refractivity contribution in [2.75, 3.05) is 26.2 Å². The van der Waals surface area contributed by atoms with Gasteiger partial charge in [0.15, 0.2) is 0 Å². The van der Waals surface area contributed by atoms with Gasteiger partial charge < -0.3 is 9.80 Å². The van der Waals surface area contributed by atoms with Crippen LogP contribution in [-0.4, -0.2) is 58.7 Å². The minimum atomic E-state index is -0.368. The molecule has 4 aliphatic rings. The van der Waals surface area contributed by atoms with E-state index in [1.807, 2.05) is 4.90 Å². The molecule has 6 rings (SSSR count). The molecule has 2 saturated carbocycles. The molecule has 5 nitrogen and oxygen atoms in total. The summed E-state index contributed by atoms with van der Waals surface area (Å²) in [6.07, 6.45) is 13.3. The average Bonchev–Trinajstić information content (AvgIpc) is 2.97. The van der Waals surface area contributed by atoms with Crippen LogP contribution in [0, 0.1) is 0 Å². The number of nitrogens with zero attached hydrogens (tertiary/aromatic N) is 3.